The molecule has 3 aliphatic rings. The summed E-state index contributed by atoms with van der Waals surface area (Å²) in [6, 6.07) is 2.20. The number of nitrogens with two attached hydrogens (primary N) is 1. The van der Waals surface area contributed by atoms with Crippen molar-refractivity contribution >= 4 is 17.4 Å². The minimum atomic E-state index is 0.0831. The Morgan fingerprint density at radius 2 is 1.90 bits per heavy atom. The molecule has 2 fully saturated rings. The SMILES string of the molecule is CC(N)C1CCN(C(=O)C2CN(c3c4c(nc5ccnn35)CCN(C)CC4)C2)CC1. The normalized spacial score (nSPS) is 22.6. The zero-order valence-corrected chi connectivity index (χ0v) is 18.1. The summed E-state index contributed by atoms with van der Waals surface area (Å²) in [4.78, 5) is 24.7. The minimum Gasteiger partial charge on any atom is -0.354 e. The number of carbonyl (C=O) groups is 1. The third-order valence-electron chi connectivity index (χ3n) is 7.29. The highest BCUT2D eigenvalue weighted by Gasteiger charge is 2.39. The molecule has 30 heavy (non-hydrogen) atoms. The van der Waals surface area contributed by atoms with Gasteiger partial charge in [-0.05, 0) is 39.2 Å². The molecule has 8 nitrogen and oxygen atoms in total. The first kappa shape index (κ1) is 19.8. The number of rotatable bonds is 3. The first-order valence-electron chi connectivity index (χ1n) is 11.3. The molecule has 0 aliphatic carbocycles. The predicted molar refractivity (Wildman–Crippen MR) is 117 cm³/mol. The number of carbonyl (C=O) groups excluding carboxylic acids is 1. The van der Waals surface area contributed by atoms with Gasteiger partial charge in [-0.1, -0.05) is 0 Å². The fraction of sp³-hybridized carbons (Fsp3) is 0.682. The van der Waals surface area contributed by atoms with Gasteiger partial charge in [0.2, 0.25) is 5.91 Å². The molecule has 0 radical (unpaired) electrons. The lowest BCUT2D eigenvalue weighted by molar-refractivity contribution is -0.137. The standard InChI is InChI=1S/C22H33N7O/c1-15(23)16-4-11-27(12-5-16)22(30)17-13-28(14-17)21-18-6-9-26(2)10-7-19(18)25-20-3-8-24-29(20)21/h3,8,15-17H,4-7,9-14,23H2,1-2H3. The van der Waals surface area contributed by atoms with Crippen molar-refractivity contribution in [3.05, 3.63) is 23.5 Å². The maximum Gasteiger partial charge on any atom is 0.229 e. The Morgan fingerprint density at radius 1 is 1.17 bits per heavy atom. The van der Waals surface area contributed by atoms with E-state index in [4.69, 9.17) is 10.7 Å². The molecule has 2 aromatic rings. The lowest BCUT2D eigenvalue weighted by atomic mass is 9.89. The van der Waals surface area contributed by atoms with E-state index in [-0.39, 0.29) is 12.0 Å². The maximum absolute atomic E-state index is 13.1. The van der Waals surface area contributed by atoms with E-state index in [1.54, 1.807) is 0 Å². The largest absolute Gasteiger partial charge is 0.354 e. The van der Waals surface area contributed by atoms with Crippen LogP contribution in [-0.4, -0.2) is 82.7 Å². The van der Waals surface area contributed by atoms with Crippen LogP contribution < -0.4 is 10.6 Å². The Hall–Kier alpha value is -2.19. The molecule has 0 aromatic carbocycles. The van der Waals surface area contributed by atoms with Crippen molar-refractivity contribution in [2.75, 3.05) is 51.2 Å². The van der Waals surface area contributed by atoms with Crippen molar-refractivity contribution in [1.29, 1.82) is 0 Å². The predicted octanol–water partition coefficient (Wildman–Crippen LogP) is 0.782. The van der Waals surface area contributed by atoms with Gasteiger partial charge in [0.25, 0.3) is 0 Å². The van der Waals surface area contributed by atoms with Crippen molar-refractivity contribution in [2.45, 2.75) is 38.6 Å². The van der Waals surface area contributed by atoms with Crippen LogP contribution in [0.4, 0.5) is 5.82 Å². The Kier molecular flexibility index (Phi) is 5.14. The molecule has 5 rings (SSSR count). The van der Waals surface area contributed by atoms with E-state index in [1.807, 2.05) is 16.8 Å². The molecular formula is C22H33N7O. The van der Waals surface area contributed by atoms with Crippen LogP contribution in [0.5, 0.6) is 0 Å². The summed E-state index contributed by atoms with van der Waals surface area (Å²) >= 11 is 0. The number of aromatic nitrogens is 3. The minimum absolute atomic E-state index is 0.0831. The van der Waals surface area contributed by atoms with Crippen molar-refractivity contribution < 1.29 is 4.79 Å². The Bertz CT molecular complexity index is 925. The van der Waals surface area contributed by atoms with Crippen LogP contribution in [0.3, 0.4) is 0 Å². The number of anilines is 1. The topological polar surface area (TPSA) is 83.0 Å². The van der Waals surface area contributed by atoms with E-state index in [0.717, 1.165) is 76.4 Å². The number of piperidine rings is 1. The summed E-state index contributed by atoms with van der Waals surface area (Å²) in [5.74, 6) is 2.09. The smallest absolute Gasteiger partial charge is 0.229 e. The molecule has 1 amide bonds. The summed E-state index contributed by atoms with van der Waals surface area (Å²) < 4.78 is 1.97. The van der Waals surface area contributed by atoms with Crippen LogP contribution in [-0.2, 0) is 17.6 Å². The Labute approximate surface area is 178 Å². The average molecular weight is 412 g/mol. The summed E-state index contributed by atoms with van der Waals surface area (Å²) in [6.45, 7) is 7.38. The first-order chi connectivity index (χ1) is 14.5. The Balaban J connectivity index is 1.32. The van der Waals surface area contributed by atoms with Gasteiger partial charge >= 0.3 is 0 Å². The second-order valence-corrected chi connectivity index (χ2v) is 9.39. The third-order valence-corrected chi connectivity index (χ3v) is 7.29. The quantitative estimate of drug-likeness (QED) is 0.804. The van der Waals surface area contributed by atoms with Crippen LogP contribution in [0.25, 0.3) is 5.65 Å². The summed E-state index contributed by atoms with van der Waals surface area (Å²) in [7, 11) is 2.17. The van der Waals surface area contributed by atoms with Crippen LogP contribution in [0.15, 0.2) is 12.3 Å². The van der Waals surface area contributed by atoms with Gasteiger partial charge in [0.05, 0.1) is 17.8 Å². The summed E-state index contributed by atoms with van der Waals surface area (Å²) in [5.41, 5.74) is 9.45. The molecule has 2 saturated heterocycles. The molecule has 0 bridgehead atoms. The highest BCUT2D eigenvalue weighted by atomic mass is 16.2. The number of likely N-dealkylation sites (tertiary alicyclic amines) is 1. The summed E-state index contributed by atoms with van der Waals surface area (Å²) in [5, 5.41) is 4.56. The monoisotopic (exact) mass is 411 g/mol. The molecule has 1 unspecified atom stereocenters. The number of fused-ring (bicyclic) bond motifs is 2. The van der Waals surface area contributed by atoms with Crippen molar-refractivity contribution in [1.82, 2.24) is 24.4 Å². The lowest BCUT2D eigenvalue weighted by Crippen LogP contribution is -2.56. The molecule has 5 heterocycles. The van der Waals surface area contributed by atoms with Gasteiger partial charge in [-0.3, -0.25) is 4.79 Å². The third kappa shape index (κ3) is 3.46. The first-order valence-corrected chi connectivity index (χ1v) is 11.3. The maximum atomic E-state index is 13.1. The summed E-state index contributed by atoms with van der Waals surface area (Å²) in [6.07, 6.45) is 5.82. The zero-order chi connectivity index (χ0) is 20.8. The van der Waals surface area contributed by atoms with Crippen LogP contribution in [0.2, 0.25) is 0 Å². The van der Waals surface area contributed by atoms with E-state index in [9.17, 15) is 4.79 Å². The van der Waals surface area contributed by atoms with Gasteiger partial charge in [0.1, 0.15) is 5.82 Å². The van der Waals surface area contributed by atoms with Gasteiger partial charge in [-0.25, -0.2) is 4.98 Å². The van der Waals surface area contributed by atoms with Gasteiger partial charge in [-0.2, -0.15) is 9.61 Å². The number of hydrogen-bond donors (Lipinski definition) is 1. The van der Waals surface area contributed by atoms with Crippen LogP contribution in [0, 0.1) is 11.8 Å². The van der Waals surface area contributed by atoms with Crippen LogP contribution >= 0.6 is 0 Å². The van der Waals surface area contributed by atoms with E-state index >= 15 is 0 Å². The zero-order valence-electron chi connectivity index (χ0n) is 18.1. The van der Waals surface area contributed by atoms with Gasteiger partial charge in [0, 0.05) is 63.4 Å². The fourth-order valence-corrected chi connectivity index (χ4v) is 5.22. The highest BCUT2D eigenvalue weighted by molar-refractivity contribution is 5.82. The van der Waals surface area contributed by atoms with Crippen LogP contribution in [0.1, 0.15) is 31.0 Å². The van der Waals surface area contributed by atoms with E-state index in [1.165, 1.54) is 11.3 Å². The molecular weight excluding hydrogens is 378 g/mol. The highest BCUT2D eigenvalue weighted by Crippen LogP contribution is 2.33. The molecule has 1 atom stereocenters. The molecule has 3 aliphatic heterocycles. The number of likely N-dealkylation sites (N-methyl/N-ethyl adjacent to an activating group) is 1. The number of nitrogens with zero attached hydrogens (tertiary/aromatic N) is 6. The van der Waals surface area contributed by atoms with Gasteiger partial charge in [0.15, 0.2) is 5.65 Å². The van der Waals surface area contributed by atoms with Crippen molar-refractivity contribution in [3.63, 3.8) is 0 Å². The second-order valence-electron chi connectivity index (χ2n) is 9.39. The van der Waals surface area contributed by atoms with Gasteiger partial charge < -0.3 is 20.4 Å². The number of hydrogen-bond acceptors (Lipinski definition) is 6. The van der Waals surface area contributed by atoms with E-state index in [2.05, 4.69) is 33.8 Å². The average Bonchev–Trinajstić information content (AvgIpc) is 3.10. The molecule has 2 N–H and O–H groups in total. The molecule has 2 aromatic heterocycles. The Morgan fingerprint density at radius 3 is 2.63 bits per heavy atom. The lowest BCUT2D eigenvalue weighted by Gasteiger charge is -2.44. The molecule has 8 heteroatoms. The van der Waals surface area contributed by atoms with E-state index < -0.39 is 0 Å². The fourth-order valence-electron chi connectivity index (χ4n) is 5.22. The second kappa shape index (κ2) is 7.81. The number of amides is 1. The van der Waals surface area contributed by atoms with Crippen molar-refractivity contribution in [3.8, 4) is 0 Å². The van der Waals surface area contributed by atoms with Crippen molar-refractivity contribution in [2.24, 2.45) is 17.6 Å². The van der Waals surface area contributed by atoms with Gasteiger partial charge in [-0.15, -0.1) is 0 Å². The molecule has 0 saturated carbocycles. The van der Waals surface area contributed by atoms with E-state index in [0.29, 0.717) is 11.8 Å². The molecule has 0 spiro atoms. The molecule has 162 valence electrons.